The van der Waals surface area contributed by atoms with E-state index in [2.05, 4.69) is 5.32 Å². The minimum Gasteiger partial charge on any atom is -0.497 e. The van der Waals surface area contributed by atoms with Gasteiger partial charge in [-0.1, -0.05) is 47.7 Å². The fourth-order valence-electron chi connectivity index (χ4n) is 2.23. The fraction of sp³-hybridized carbons (Fsp3) is 0.111. The highest BCUT2D eigenvalue weighted by Gasteiger charge is 2.31. The molecule has 2 aromatic rings. The first kappa shape index (κ1) is 17.8. The number of ether oxygens (including phenoxy) is 1. The van der Waals surface area contributed by atoms with Gasteiger partial charge in [-0.25, -0.2) is 0 Å². The molecule has 0 radical (unpaired) electrons. The second-order valence-electron chi connectivity index (χ2n) is 5.22. The number of halogens is 1. The number of rotatable bonds is 5. The number of thioether (sulfide) groups is 1. The van der Waals surface area contributed by atoms with Gasteiger partial charge >= 0.3 is 0 Å². The summed E-state index contributed by atoms with van der Waals surface area (Å²) in [6, 6.07) is 14.8. The SMILES string of the molecule is COc1ccc(C=C2SC(=S)N(CNc3ccc(Cl)cc3)C2=O)cc1. The molecule has 0 saturated carbocycles. The molecule has 1 saturated heterocycles. The molecule has 7 heteroatoms. The number of methoxy groups -OCH3 is 1. The lowest BCUT2D eigenvalue weighted by atomic mass is 10.2. The highest BCUT2D eigenvalue weighted by Crippen LogP contribution is 2.32. The molecule has 0 spiro atoms. The zero-order valence-electron chi connectivity index (χ0n) is 13.4. The molecule has 1 heterocycles. The van der Waals surface area contributed by atoms with Crippen molar-refractivity contribution in [3.63, 3.8) is 0 Å². The van der Waals surface area contributed by atoms with Crippen molar-refractivity contribution in [2.24, 2.45) is 0 Å². The summed E-state index contributed by atoms with van der Waals surface area (Å²) in [6.07, 6.45) is 1.83. The molecule has 0 bridgehead atoms. The number of nitrogens with zero attached hydrogens (tertiary/aromatic N) is 1. The Morgan fingerprint density at radius 3 is 2.52 bits per heavy atom. The molecule has 0 atom stereocenters. The van der Waals surface area contributed by atoms with Crippen LogP contribution in [-0.2, 0) is 4.79 Å². The topological polar surface area (TPSA) is 41.6 Å². The van der Waals surface area contributed by atoms with E-state index in [-0.39, 0.29) is 5.91 Å². The third-order valence-corrected chi connectivity index (χ3v) is 5.20. The van der Waals surface area contributed by atoms with Crippen molar-refractivity contribution in [2.75, 3.05) is 19.1 Å². The average molecular weight is 391 g/mol. The number of nitrogens with one attached hydrogen (secondary N) is 1. The van der Waals surface area contributed by atoms with Crippen molar-refractivity contribution in [3.05, 3.63) is 64.0 Å². The highest BCUT2D eigenvalue weighted by atomic mass is 35.5. The van der Waals surface area contributed by atoms with Crippen LogP contribution in [-0.4, -0.2) is 28.9 Å². The van der Waals surface area contributed by atoms with E-state index in [0.717, 1.165) is 17.0 Å². The van der Waals surface area contributed by atoms with Crippen molar-refractivity contribution >= 4 is 57.6 Å². The Morgan fingerprint density at radius 1 is 1.20 bits per heavy atom. The van der Waals surface area contributed by atoms with E-state index < -0.39 is 0 Å². The number of anilines is 1. The summed E-state index contributed by atoms with van der Waals surface area (Å²) in [5.74, 6) is 0.671. The predicted octanol–water partition coefficient (Wildman–Crippen LogP) is 4.62. The summed E-state index contributed by atoms with van der Waals surface area (Å²) in [7, 11) is 1.62. The Bertz CT molecular complexity index is 820. The monoisotopic (exact) mass is 390 g/mol. The second kappa shape index (κ2) is 7.91. The molecule has 3 rings (SSSR count). The molecule has 1 aliphatic heterocycles. The van der Waals surface area contributed by atoms with Gasteiger partial charge in [-0.2, -0.15) is 0 Å². The number of benzene rings is 2. The van der Waals surface area contributed by atoms with Gasteiger partial charge in [0, 0.05) is 10.7 Å². The second-order valence-corrected chi connectivity index (χ2v) is 7.34. The number of amides is 1. The van der Waals surface area contributed by atoms with Crippen LogP contribution in [0.1, 0.15) is 5.56 Å². The van der Waals surface area contributed by atoms with Crippen LogP contribution in [0.15, 0.2) is 53.4 Å². The smallest absolute Gasteiger partial charge is 0.267 e. The maximum atomic E-state index is 12.6. The van der Waals surface area contributed by atoms with Crippen molar-refractivity contribution in [3.8, 4) is 5.75 Å². The maximum absolute atomic E-state index is 12.6. The lowest BCUT2D eigenvalue weighted by molar-refractivity contribution is -0.121. The van der Waals surface area contributed by atoms with Gasteiger partial charge in [0.2, 0.25) is 0 Å². The van der Waals surface area contributed by atoms with Crippen LogP contribution in [0.3, 0.4) is 0 Å². The quantitative estimate of drug-likeness (QED) is 0.596. The van der Waals surface area contributed by atoms with E-state index in [1.54, 1.807) is 24.1 Å². The van der Waals surface area contributed by atoms with Crippen LogP contribution in [0.4, 0.5) is 5.69 Å². The van der Waals surface area contributed by atoms with Crippen LogP contribution in [0.2, 0.25) is 5.02 Å². The molecule has 1 amide bonds. The number of carbonyl (C=O) groups excluding carboxylic acids is 1. The maximum Gasteiger partial charge on any atom is 0.267 e. The average Bonchev–Trinajstić information content (AvgIpc) is 2.89. The molecule has 128 valence electrons. The first-order valence-electron chi connectivity index (χ1n) is 7.45. The number of carbonyl (C=O) groups is 1. The van der Waals surface area contributed by atoms with E-state index in [1.807, 2.05) is 42.5 Å². The van der Waals surface area contributed by atoms with Gasteiger partial charge < -0.3 is 10.1 Å². The lowest BCUT2D eigenvalue weighted by Gasteiger charge is -2.16. The summed E-state index contributed by atoms with van der Waals surface area (Å²) in [5, 5.41) is 3.84. The minimum atomic E-state index is -0.104. The molecule has 0 unspecified atom stereocenters. The molecule has 0 aliphatic carbocycles. The van der Waals surface area contributed by atoms with Gasteiger partial charge in [-0.15, -0.1) is 0 Å². The molecule has 1 N–H and O–H groups in total. The zero-order chi connectivity index (χ0) is 17.8. The highest BCUT2D eigenvalue weighted by molar-refractivity contribution is 8.26. The first-order chi connectivity index (χ1) is 12.1. The van der Waals surface area contributed by atoms with Gasteiger partial charge in [-0.3, -0.25) is 9.69 Å². The molecule has 2 aromatic carbocycles. The normalized spacial score (nSPS) is 15.8. The van der Waals surface area contributed by atoms with Gasteiger partial charge in [0.15, 0.2) is 0 Å². The van der Waals surface area contributed by atoms with Crippen LogP contribution >= 0.6 is 35.6 Å². The summed E-state index contributed by atoms with van der Waals surface area (Å²) < 4.78 is 5.67. The predicted molar refractivity (Wildman–Crippen MR) is 108 cm³/mol. The fourth-order valence-corrected chi connectivity index (χ4v) is 3.61. The third kappa shape index (κ3) is 4.34. The van der Waals surface area contributed by atoms with E-state index in [1.165, 1.54) is 11.8 Å². The molecule has 4 nitrogen and oxygen atoms in total. The van der Waals surface area contributed by atoms with E-state index in [4.69, 9.17) is 28.6 Å². The molecule has 25 heavy (non-hydrogen) atoms. The van der Waals surface area contributed by atoms with E-state index in [0.29, 0.717) is 20.9 Å². The largest absolute Gasteiger partial charge is 0.497 e. The van der Waals surface area contributed by atoms with Crippen molar-refractivity contribution in [2.45, 2.75) is 0 Å². The molecular weight excluding hydrogens is 376 g/mol. The lowest BCUT2D eigenvalue weighted by Crippen LogP contribution is -2.33. The van der Waals surface area contributed by atoms with Crippen LogP contribution in [0.25, 0.3) is 6.08 Å². The number of hydrogen-bond acceptors (Lipinski definition) is 5. The minimum absolute atomic E-state index is 0.104. The Kier molecular flexibility index (Phi) is 5.63. The van der Waals surface area contributed by atoms with Crippen LogP contribution < -0.4 is 10.1 Å². The molecular formula is C18H15ClN2O2S2. The van der Waals surface area contributed by atoms with E-state index >= 15 is 0 Å². The summed E-state index contributed by atoms with van der Waals surface area (Å²) in [6.45, 7) is 0.312. The number of hydrogen-bond donors (Lipinski definition) is 1. The van der Waals surface area contributed by atoms with Gasteiger partial charge in [0.25, 0.3) is 5.91 Å². The van der Waals surface area contributed by atoms with Gasteiger partial charge in [0.05, 0.1) is 18.7 Å². The van der Waals surface area contributed by atoms with E-state index in [9.17, 15) is 4.79 Å². The Balaban J connectivity index is 1.68. The van der Waals surface area contributed by atoms with Gasteiger partial charge in [0.1, 0.15) is 10.1 Å². The van der Waals surface area contributed by atoms with Crippen molar-refractivity contribution in [1.82, 2.24) is 4.90 Å². The van der Waals surface area contributed by atoms with Crippen molar-refractivity contribution < 1.29 is 9.53 Å². The first-order valence-corrected chi connectivity index (χ1v) is 9.06. The summed E-state index contributed by atoms with van der Waals surface area (Å²) in [5.41, 5.74) is 1.80. The van der Waals surface area contributed by atoms with Crippen LogP contribution in [0.5, 0.6) is 5.75 Å². The standard InChI is InChI=1S/C18H15ClN2O2S2/c1-23-15-8-2-12(3-9-15)10-16-17(22)21(18(24)25-16)11-20-14-6-4-13(19)5-7-14/h2-10,20H,11H2,1H3. The molecule has 1 aliphatic rings. The molecule has 0 aromatic heterocycles. The zero-order valence-corrected chi connectivity index (χ0v) is 15.8. The Labute approximate surface area is 160 Å². The Morgan fingerprint density at radius 2 is 1.88 bits per heavy atom. The van der Waals surface area contributed by atoms with Gasteiger partial charge in [-0.05, 0) is 48.0 Å². The van der Waals surface area contributed by atoms with Crippen LogP contribution in [0, 0.1) is 0 Å². The third-order valence-electron chi connectivity index (χ3n) is 3.57. The summed E-state index contributed by atoms with van der Waals surface area (Å²) in [4.78, 5) is 14.7. The molecule has 1 fully saturated rings. The Hall–Kier alpha value is -2.02. The number of thiocarbonyl (C=S) groups is 1. The summed E-state index contributed by atoms with van der Waals surface area (Å²) >= 11 is 12.5. The van der Waals surface area contributed by atoms with Crippen molar-refractivity contribution in [1.29, 1.82) is 0 Å².